The molecular weight excluding hydrogens is 462 g/mol. The van der Waals surface area contributed by atoms with Crippen LogP contribution < -0.4 is 10.1 Å². The van der Waals surface area contributed by atoms with Crippen LogP contribution in [0.25, 0.3) is 11.6 Å². The van der Waals surface area contributed by atoms with Crippen molar-refractivity contribution in [2.45, 2.75) is 57.8 Å². The Labute approximate surface area is 221 Å². The van der Waals surface area contributed by atoms with Crippen LogP contribution in [0.4, 0.5) is 0 Å². The van der Waals surface area contributed by atoms with E-state index in [2.05, 4.69) is 36.5 Å². The minimum atomic E-state index is -0.0308. The minimum Gasteiger partial charge on any atom is -0.467 e. The number of hydrogen-bond donors (Lipinski definition) is 1. The topological polar surface area (TPSA) is 56.8 Å². The molecule has 0 atom stereocenters. The van der Waals surface area contributed by atoms with Gasteiger partial charge in [-0.15, -0.1) is 0 Å². The molecule has 1 N–H and O–H groups in total. The Morgan fingerprint density at radius 2 is 1.62 bits per heavy atom. The van der Waals surface area contributed by atoms with E-state index in [1.54, 1.807) is 7.11 Å². The van der Waals surface area contributed by atoms with E-state index >= 15 is 0 Å². The fourth-order valence-corrected chi connectivity index (χ4v) is 7.39. The molecule has 5 heteroatoms. The average molecular weight is 504 g/mol. The lowest BCUT2D eigenvalue weighted by Gasteiger charge is -2.57. The van der Waals surface area contributed by atoms with Gasteiger partial charge in [0.2, 0.25) is 0 Å². The summed E-state index contributed by atoms with van der Waals surface area (Å²) in [5.41, 5.74) is 5.81. The molecule has 37 heavy (non-hydrogen) atoms. The number of allylic oxidation sites excluding steroid dienone is 1. The van der Waals surface area contributed by atoms with Gasteiger partial charge in [0.15, 0.2) is 6.79 Å². The third kappa shape index (κ3) is 5.78. The first-order valence-electron chi connectivity index (χ1n) is 13.9. The molecule has 5 nitrogen and oxygen atoms in total. The zero-order valence-corrected chi connectivity index (χ0v) is 22.6. The van der Waals surface area contributed by atoms with Crippen LogP contribution in [0.1, 0.15) is 79.4 Å². The molecule has 0 heterocycles. The largest absolute Gasteiger partial charge is 0.467 e. The van der Waals surface area contributed by atoms with Gasteiger partial charge in [-0.3, -0.25) is 4.79 Å². The monoisotopic (exact) mass is 503 g/mol. The lowest BCUT2D eigenvalue weighted by molar-refractivity contribution is -0.0189. The normalized spacial score (nSPS) is 26.4. The van der Waals surface area contributed by atoms with Crippen molar-refractivity contribution in [3.8, 4) is 5.75 Å². The van der Waals surface area contributed by atoms with Gasteiger partial charge in [-0.05, 0) is 117 Å². The van der Waals surface area contributed by atoms with Crippen LogP contribution in [-0.2, 0) is 14.9 Å². The van der Waals surface area contributed by atoms with Crippen LogP contribution in [-0.4, -0.2) is 39.6 Å². The van der Waals surface area contributed by atoms with Crippen LogP contribution in [0.2, 0.25) is 0 Å². The zero-order chi connectivity index (χ0) is 25.8. The molecular formula is C32H41NO4. The van der Waals surface area contributed by atoms with Crippen molar-refractivity contribution in [3.05, 3.63) is 64.7 Å². The Morgan fingerprint density at radius 1 is 0.973 bits per heavy atom. The van der Waals surface area contributed by atoms with Gasteiger partial charge in [0.25, 0.3) is 5.91 Å². The number of carbonyl (C=O) groups excluding carboxylic acids is 1. The fourth-order valence-electron chi connectivity index (χ4n) is 7.39. The SMILES string of the molecule is CCNC(=O)c1ccc(C=C(C)c2ccc(OCOCCOC)c(C34CC5CC(CC(C5)C3)C4)c2)cc1. The van der Waals surface area contributed by atoms with Crippen LogP contribution in [0, 0.1) is 17.8 Å². The second-order valence-electron chi connectivity index (χ2n) is 11.4. The highest BCUT2D eigenvalue weighted by Gasteiger charge is 2.52. The van der Waals surface area contributed by atoms with Crippen molar-refractivity contribution in [1.82, 2.24) is 5.32 Å². The average Bonchev–Trinajstić information content (AvgIpc) is 2.88. The summed E-state index contributed by atoms with van der Waals surface area (Å²) in [4.78, 5) is 12.1. The Morgan fingerprint density at radius 3 is 2.24 bits per heavy atom. The second-order valence-corrected chi connectivity index (χ2v) is 11.4. The summed E-state index contributed by atoms with van der Waals surface area (Å²) in [6.07, 6.45) is 10.3. The number of hydrogen-bond acceptors (Lipinski definition) is 4. The highest BCUT2D eigenvalue weighted by molar-refractivity contribution is 5.94. The lowest BCUT2D eigenvalue weighted by Crippen LogP contribution is -2.48. The van der Waals surface area contributed by atoms with E-state index in [4.69, 9.17) is 14.2 Å². The Kier molecular flexibility index (Phi) is 8.01. The Bertz CT molecular complexity index is 1080. The molecule has 0 spiro atoms. The molecule has 4 bridgehead atoms. The van der Waals surface area contributed by atoms with Gasteiger partial charge in [-0.2, -0.15) is 0 Å². The first kappa shape index (κ1) is 26.0. The Hall–Kier alpha value is -2.63. The highest BCUT2D eigenvalue weighted by Crippen LogP contribution is 2.62. The van der Waals surface area contributed by atoms with Gasteiger partial charge in [-0.1, -0.05) is 24.3 Å². The summed E-state index contributed by atoms with van der Waals surface area (Å²) in [7, 11) is 1.68. The summed E-state index contributed by atoms with van der Waals surface area (Å²) in [6.45, 7) is 6.07. The molecule has 0 radical (unpaired) electrons. The molecule has 4 fully saturated rings. The molecule has 4 saturated carbocycles. The van der Waals surface area contributed by atoms with Crippen molar-refractivity contribution in [1.29, 1.82) is 0 Å². The van der Waals surface area contributed by atoms with Gasteiger partial charge < -0.3 is 19.5 Å². The first-order valence-corrected chi connectivity index (χ1v) is 13.9. The number of methoxy groups -OCH3 is 1. The maximum atomic E-state index is 12.1. The van der Waals surface area contributed by atoms with E-state index in [9.17, 15) is 4.79 Å². The number of amides is 1. The molecule has 0 saturated heterocycles. The van der Waals surface area contributed by atoms with Crippen molar-refractivity contribution in [2.75, 3.05) is 33.7 Å². The maximum absolute atomic E-state index is 12.1. The predicted octanol–water partition coefficient (Wildman–Crippen LogP) is 6.46. The van der Waals surface area contributed by atoms with Gasteiger partial charge in [0, 0.05) is 24.8 Å². The van der Waals surface area contributed by atoms with Gasteiger partial charge >= 0.3 is 0 Å². The zero-order valence-electron chi connectivity index (χ0n) is 22.6. The molecule has 4 aliphatic carbocycles. The number of nitrogens with one attached hydrogen (secondary N) is 1. The molecule has 1 amide bonds. The lowest BCUT2D eigenvalue weighted by atomic mass is 9.48. The van der Waals surface area contributed by atoms with Crippen LogP contribution in [0.3, 0.4) is 0 Å². The smallest absolute Gasteiger partial charge is 0.251 e. The number of ether oxygens (including phenoxy) is 3. The maximum Gasteiger partial charge on any atom is 0.251 e. The standard InChI is InChI=1S/C32H41NO4/c1-4-33-31(34)27-7-5-23(6-8-27)13-22(2)28-9-10-30(37-21-36-12-11-35-3)29(17-28)32-18-24-14-25(19-32)16-26(15-24)20-32/h5-10,13,17,24-26H,4,11-12,14-16,18-21H2,1-3H3,(H,33,34). The van der Waals surface area contributed by atoms with E-state index in [0.29, 0.717) is 25.3 Å². The number of carbonyl (C=O) groups is 1. The molecule has 0 aromatic heterocycles. The van der Waals surface area contributed by atoms with Crippen molar-refractivity contribution in [3.63, 3.8) is 0 Å². The molecule has 6 rings (SSSR count). The summed E-state index contributed by atoms with van der Waals surface area (Å²) in [5, 5.41) is 2.86. The number of benzene rings is 2. The van der Waals surface area contributed by atoms with E-state index in [0.717, 1.165) is 29.1 Å². The van der Waals surface area contributed by atoms with Crippen LogP contribution in [0.15, 0.2) is 42.5 Å². The van der Waals surface area contributed by atoms with Crippen LogP contribution >= 0.6 is 0 Å². The van der Waals surface area contributed by atoms with Gasteiger partial charge in [0.1, 0.15) is 5.75 Å². The number of rotatable bonds is 11. The molecule has 2 aromatic carbocycles. The molecule has 4 aliphatic rings. The Balaban J connectivity index is 1.41. The molecule has 198 valence electrons. The second kappa shape index (κ2) is 11.4. The van der Waals surface area contributed by atoms with Gasteiger partial charge in [0.05, 0.1) is 13.2 Å². The van der Waals surface area contributed by atoms with E-state index in [-0.39, 0.29) is 18.1 Å². The van der Waals surface area contributed by atoms with E-state index in [1.807, 2.05) is 31.2 Å². The van der Waals surface area contributed by atoms with Crippen molar-refractivity contribution < 1.29 is 19.0 Å². The van der Waals surface area contributed by atoms with Crippen LogP contribution in [0.5, 0.6) is 5.75 Å². The van der Waals surface area contributed by atoms with Crippen molar-refractivity contribution >= 4 is 17.6 Å². The van der Waals surface area contributed by atoms with Crippen molar-refractivity contribution in [2.24, 2.45) is 17.8 Å². The first-order chi connectivity index (χ1) is 18.0. The van der Waals surface area contributed by atoms with Gasteiger partial charge in [-0.25, -0.2) is 0 Å². The predicted molar refractivity (Wildman–Crippen MR) is 148 cm³/mol. The third-order valence-corrected chi connectivity index (χ3v) is 8.67. The summed E-state index contributed by atoms with van der Waals surface area (Å²) < 4.78 is 17.0. The quantitative estimate of drug-likeness (QED) is 0.217. The summed E-state index contributed by atoms with van der Waals surface area (Å²) in [5.74, 6) is 3.53. The van der Waals surface area contributed by atoms with E-state index in [1.165, 1.54) is 55.2 Å². The molecule has 0 aliphatic heterocycles. The van der Waals surface area contributed by atoms with E-state index < -0.39 is 0 Å². The molecule has 2 aromatic rings. The third-order valence-electron chi connectivity index (χ3n) is 8.67. The molecule has 0 unspecified atom stereocenters. The summed E-state index contributed by atoms with van der Waals surface area (Å²) >= 11 is 0. The summed E-state index contributed by atoms with van der Waals surface area (Å²) in [6, 6.07) is 14.5. The highest BCUT2D eigenvalue weighted by atomic mass is 16.7. The fraction of sp³-hybridized carbons (Fsp3) is 0.531. The minimum absolute atomic E-state index is 0.0308.